The number of carbonyl (C=O) groups excluding carboxylic acids is 3. The van der Waals surface area contributed by atoms with E-state index in [-0.39, 0.29) is 46.7 Å². The van der Waals surface area contributed by atoms with Gasteiger partial charge in [0.15, 0.2) is 0 Å². The highest BCUT2D eigenvalue weighted by Gasteiger charge is 2.30. The van der Waals surface area contributed by atoms with Crippen LogP contribution in [0.4, 0.5) is 10.1 Å². The zero-order valence-electron chi connectivity index (χ0n) is 19.0. The summed E-state index contributed by atoms with van der Waals surface area (Å²) in [4.78, 5) is 39.7. The SMILES string of the molecule is COc1ccc(NC(=O)c2nnc(C(=O)N3CCCC(C(=O)NCc4cccc(F)c4)C3)s2)cc1. The molecule has 2 aromatic carbocycles. The third-order valence-corrected chi connectivity index (χ3v) is 6.50. The predicted molar refractivity (Wildman–Crippen MR) is 128 cm³/mol. The second-order valence-electron chi connectivity index (χ2n) is 8.03. The Morgan fingerprint density at radius 3 is 2.66 bits per heavy atom. The molecule has 3 aromatic rings. The van der Waals surface area contributed by atoms with Crippen LogP contribution in [0.25, 0.3) is 0 Å². The van der Waals surface area contributed by atoms with Gasteiger partial charge in [-0.2, -0.15) is 0 Å². The van der Waals surface area contributed by atoms with Gasteiger partial charge >= 0.3 is 0 Å². The van der Waals surface area contributed by atoms with Gasteiger partial charge < -0.3 is 20.3 Å². The molecule has 1 aliphatic rings. The van der Waals surface area contributed by atoms with Crippen LogP contribution >= 0.6 is 11.3 Å². The smallest absolute Gasteiger partial charge is 0.286 e. The summed E-state index contributed by atoms with van der Waals surface area (Å²) in [6.45, 7) is 0.935. The first-order valence-corrected chi connectivity index (χ1v) is 11.8. The number of rotatable bonds is 7. The monoisotopic (exact) mass is 497 g/mol. The molecule has 1 saturated heterocycles. The van der Waals surface area contributed by atoms with Crippen LogP contribution in [-0.2, 0) is 11.3 Å². The van der Waals surface area contributed by atoms with E-state index in [0.717, 1.165) is 11.3 Å². The molecule has 182 valence electrons. The fraction of sp³-hybridized carbons (Fsp3) is 0.292. The molecule has 0 bridgehead atoms. The number of nitrogens with zero attached hydrogens (tertiary/aromatic N) is 3. The maximum Gasteiger partial charge on any atom is 0.286 e. The van der Waals surface area contributed by atoms with Crippen molar-refractivity contribution in [3.05, 3.63) is 69.9 Å². The van der Waals surface area contributed by atoms with Crippen LogP contribution in [-0.4, -0.2) is 53.0 Å². The number of piperidine rings is 1. The average molecular weight is 498 g/mol. The molecule has 0 saturated carbocycles. The van der Waals surface area contributed by atoms with Gasteiger partial charge in [0, 0.05) is 25.3 Å². The van der Waals surface area contributed by atoms with Crippen LogP contribution in [0.5, 0.6) is 5.75 Å². The second kappa shape index (κ2) is 11.0. The third kappa shape index (κ3) is 6.18. The van der Waals surface area contributed by atoms with Crippen LogP contribution in [0.3, 0.4) is 0 Å². The number of amides is 3. The van der Waals surface area contributed by atoms with Crippen molar-refractivity contribution >= 4 is 34.7 Å². The Balaban J connectivity index is 1.33. The number of aromatic nitrogens is 2. The van der Waals surface area contributed by atoms with Crippen molar-refractivity contribution in [2.24, 2.45) is 5.92 Å². The summed E-state index contributed by atoms with van der Waals surface area (Å²) in [5.41, 5.74) is 1.22. The topological polar surface area (TPSA) is 114 Å². The van der Waals surface area contributed by atoms with Gasteiger partial charge in [-0.25, -0.2) is 4.39 Å². The van der Waals surface area contributed by atoms with Gasteiger partial charge in [0.2, 0.25) is 15.9 Å². The summed E-state index contributed by atoms with van der Waals surface area (Å²) >= 11 is 0.902. The highest BCUT2D eigenvalue weighted by atomic mass is 32.1. The molecule has 1 aliphatic heterocycles. The molecule has 35 heavy (non-hydrogen) atoms. The van der Waals surface area contributed by atoms with Gasteiger partial charge in [0.1, 0.15) is 11.6 Å². The van der Waals surface area contributed by atoms with E-state index in [1.807, 2.05) is 0 Å². The lowest BCUT2D eigenvalue weighted by Crippen LogP contribution is -2.45. The van der Waals surface area contributed by atoms with Gasteiger partial charge in [0.25, 0.3) is 11.8 Å². The molecule has 0 spiro atoms. The molecule has 2 heterocycles. The Bertz CT molecular complexity index is 1220. The largest absolute Gasteiger partial charge is 0.497 e. The Morgan fingerprint density at radius 1 is 1.14 bits per heavy atom. The van der Waals surface area contributed by atoms with E-state index < -0.39 is 5.91 Å². The predicted octanol–water partition coefficient (Wildman–Crippen LogP) is 3.11. The number of benzene rings is 2. The summed E-state index contributed by atoms with van der Waals surface area (Å²) < 4.78 is 18.4. The Morgan fingerprint density at radius 2 is 1.91 bits per heavy atom. The maximum absolute atomic E-state index is 13.3. The molecule has 3 amide bonds. The van der Waals surface area contributed by atoms with E-state index in [1.165, 1.54) is 12.1 Å². The summed E-state index contributed by atoms with van der Waals surface area (Å²) in [5.74, 6) is -1.11. The first kappa shape index (κ1) is 24.3. The normalized spacial score (nSPS) is 15.4. The highest BCUT2D eigenvalue weighted by Crippen LogP contribution is 2.22. The van der Waals surface area contributed by atoms with Crippen molar-refractivity contribution in [3.8, 4) is 5.75 Å². The maximum atomic E-state index is 13.3. The van der Waals surface area contributed by atoms with E-state index in [1.54, 1.807) is 48.4 Å². The second-order valence-corrected chi connectivity index (χ2v) is 9.01. The molecule has 11 heteroatoms. The number of carbonyl (C=O) groups is 3. The van der Waals surface area contributed by atoms with E-state index in [9.17, 15) is 18.8 Å². The molecule has 9 nitrogen and oxygen atoms in total. The lowest BCUT2D eigenvalue weighted by Gasteiger charge is -2.31. The van der Waals surface area contributed by atoms with Crippen LogP contribution in [0.1, 0.15) is 38.0 Å². The molecular formula is C24H24FN5O4S. The fourth-order valence-electron chi connectivity index (χ4n) is 3.75. The number of nitrogens with one attached hydrogen (secondary N) is 2. The van der Waals surface area contributed by atoms with Crippen molar-refractivity contribution in [2.75, 3.05) is 25.5 Å². The van der Waals surface area contributed by atoms with Crippen molar-refractivity contribution in [1.82, 2.24) is 20.4 Å². The van der Waals surface area contributed by atoms with E-state index >= 15 is 0 Å². The molecule has 1 atom stereocenters. The van der Waals surface area contributed by atoms with Gasteiger partial charge in [-0.1, -0.05) is 23.5 Å². The summed E-state index contributed by atoms with van der Waals surface area (Å²) in [7, 11) is 1.55. The van der Waals surface area contributed by atoms with Crippen molar-refractivity contribution < 1.29 is 23.5 Å². The van der Waals surface area contributed by atoms with Crippen LogP contribution in [0.15, 0.2) is 48.5 Å². The van der Waals surface area contributed by atoms with Gasteiger partial charge in [0.05, 0.1) is 13.0 Å². The van der Waals surface area contributed by atoms with E-state index in [2.05, 4.69) is 20.8 Å². The zero-order valence-corrected chi connectivity index (χ0v) is 19.8. The number of halogens is 1. The van der Waals surface area contributed by atoms with Crippen LogP contribution in [0, 0.1) is 11.7 Å². The van der Waals surface area contributed by atoms with E-state index in [0.29, 0.717) is 36.4 Å². The summed E-state index contributed by atoms with van der Waals surface area (Å²) in [6, 6.07) is 12.8. The number of hydrogen-bond donors (Lipinski definition) is 2. The number of hydrogen-bond acceptors (Lipinski definition) is 7. The molecule has 1 unspecified atom stereocenters. The average Bonchev–Trinajstić information content (AvgIpc) is 3.38. The van der Waals surface area contributed by atoms with E-state index in [4.69, 9.17) is 4.74 Å². The lowest BCUT2D eigenvalue weighted by atomic mass is 9.97. The molecule has 4 rings (SSSR count). The molecular weight excluding hydrogens is 473 g/mol. The minimum Gasteiger partial charge on any atom is -0.497 e. The Labute approximate surface area is 205 Å². The third-order valence-electron chi connectivity index (χ3n) is 5.59. The van der Waals surface area contributed by atoms with Crippen LogP contribution < -0.4 is 15.4 Å². The van der Waals surface area contributed by atoms with Crippen molar-refractivity contribution in [1.29, 1.82) is 0 Å². The standard InChI is InChI=1S/C24H24FN5O4S/c1-34-19-9-7-18(8-10-19)27-21(32)22-28-29-23(35-22)24(33)30-11-3-5-16(14-30)20(31)26-13-15-4-2-6-17(25)12-15/h2,4,6-10,12,16H,3,5,11,13-14H2,1H3,(H,26,31)(H,27,32). The number of likely N-dealkylation sites (tertiary alicyclic amines) is 1. The molecule has 0 aliphatic carbocycles. The van der Waals surface area contributed by atoms with Gasteiger partial charge in [-0.3, -0.25) is 14.4 Å². The number of methoxy groups -OCH3 is 1. The quantitative estimate of drug-likeness (QED) is 0.519. The molecule has 0 radical (unpaired) electrons. The lowest BCUT2D eigenvalue weighted by molar-refractivity contribution is -0.126. The molecule has 1 aromatic heterocycles. The first-order valence-electron chi connectivity index (χ1n) is 11.0. The fourth-order valence-corrected chi connectivity index (χ4v) is 4.46. The summed E-state index contributed by atoms with van der Waals surface area (Å²) in [6.07, 6.45) is 1.30. The summed E-state index contributed by atoms with van der Waals surface area (Å²) in [5, 5.41) is 13.4. The minimum absolute atomic E-state index is 0.0607. The van der Waals surface area contributed by atoms with Gasteiger partial charge in [-0.15, -0.1) is 10.2 Å². The van der Waals surface area contributed by atoms with Crippen molar-refractivity contribution in [3.63, 3.8) is 0 Å². The molecule has 2 N–H and O–H groups in total. The first-order chi connectivity index (χ1) is 16.9. The van der Waals surface area contributed by atoms with Gasteiger partial charge in [-0.05, 0) is 54.8 Å². The Hall–Kier alpha value is -3.86. The minimum atomic E-state index is -0.472. The number of anilines is 1. The van der Waals surface area contributed by atoms with Crippen molar-refractivity contribution in [2.45, 2.75) is 19.4 Å². The number of ether oxygens (including phenoxy) is 1. The Kier molecular flexibility index (Phi) is 7.66. The van der Waals surface area contributed by atoms with Crippen LogP contribution in [0.2, 0.25) is 0 Å². The zero-order chi connectivity index (χ0) is 24.8. The highest BCUT2D eigenvalue weighted by molar-refractivity contribution is 7.15. The molecule has 1 fully saturated rings.